The smallest absolute Gasteiger partial charge is 0.235 e. The van der Waals surface area contributed by atoms with Crippen LogP contribution < -0.4 is 4.31 Å². The van der Waals surface area contributed by atoms with E-state index in [2.05, 4.69) is 20.9 Å². The number of fused-ring (bicyclic) bond motifs is 1. The molecule has 2 aromatic carbocycles. The van der Waals surface area contributed by atoms with Gasteiger partial charge in [-0.2, -0.15) is 0 Å². The van der Waals surface area contributed by atoms with Gasteiger partial charge in [0.2, 0.25) is 10.0 Å². The van der Waals surface area contributed by atoms with Crippen LogP contribution in [0.5, 0.6) is 0 Å². The molecule has 0 bridgehead atoms. The highest BCUT2D eigenvalue weighted by Gasteiger charge is 2.25. The fourth-order valence-corrected chi connectivity index (χ4v) is 5.61. The van der Waals surface area contributed by atoms with Gasteiger partial charge in [-0.15, -0.1) is 0 Å². The molecule has 0 fully saturated rings. The van der Waals surface area contributed by atoms with Crippen molar-refractivity contribution >= 4 is 54.0 Å². The lowest BCUT2D eigenvalue weighted by atomic mass is 10.1. The van der Waals surface area contributed by atoms with Gasteiger partial charge in [0, 0.05) is 5.02 Å². The Bertz CT molecular complexity index is 1170. The van der Waals surface area contributed by atoms with Gasteiger partial charge in [0.25, 0.3) is 0 Å². The molecule has 0 atom stereocenters. The SMILES string of the molecule is CC(C)CS(=O)(=O)N(Cc1cc2ccc(F)c(F)c2c(Br)n1)c1cccc(Cl)c1. The predicted molar refractivity (Wildman–Crippen MR) is 116 cm³/mol. The van der Waals surface area contributed by atoms with Crippen molar-refractivity contribution in [3.63, 3.8) is 0 Å². The van der Waals surface area contributed by atoms with Gasteiger partial charge in [-0.1, -0.05) is 37.6 Å². The maximum atomic E-state index is 14.1. The molecule has 1 heterocycles. The number of pyridine rings is 1. The fourth-order valence-electron chi connectivity index (χ4n) is 3.01. The van der Waals surface area contributed by atoms with Crippen molar-refractivity contribution in [2.75, 3.05) is 10.1 Å². The molecule has 29 heavy (non-hydrogen) atoms. The first-order valence-electron chi connectivity index (χ1n) is 8.77. The van der Waals surface area contributed by atoms with Gasteiger partial charge >= 0.3 is 0 Å². The number of sulfonamides is 1. The van der Waals surface area contributed by atoms with Crippen molar-refractivity contribution in [1.82, 2.24) is 4.98 Å². The van der Waals surface area contributed by atoms with E-state index in [1.807, 2.05) is 13.8 Å². The molecule has 4 nitrogen and oxygen atoms in total. The van der Waals surface area contributed by atoms with Crippen LogP contribution in [0.4, 0.5) is 14.5 Å². The first-order valence-corrected chi connectivity index (χ1v) is 11.6. The third kappa shape index (κ3) is 4.87. The van der Waals surface area contributed by atoms with Crippen molar-refractivity contribution in [3.05, 3.63) is 69.4 Å². The average Bonchev–Trinajstić information content (AvgIpc) is 2.61. The van der Waals surface area contributed by atoms with Crippen LogP contribution in [-0.4, -0.2) is 19.2 Å². The van der Waals surface area contributed by atoms with E-state index in [4.69, 9.17) is 11.6 Å². The summed E-state index contributed by atoms with van der Waals surface area (Å²) in [6.07, 6.45) is 0. The van der Waals surface area contributed by atoms with E-state index >= 15 is 0 Å². The molecule has 0 radical (unpaired) electrons. The second-order valence-electron chi connectivity index (χ2n) is 7.02. The van der Waals surface area contributed by atoms with E-state index in [0.29, 0.717) is 21.8 Å². The summed E-state index contributed by atoms with van der Waals surface area (Å²) < 4.78 is 55.1. The highest BCUT2D eigenvalue weighted by Crippen LogP contribution is 2.30. The molecular formula is C20H18BrClF2N2O2S. The van der Waals surface area contributed by atoms with Crippen molar-refractivity contribution in [3.8, 4) is 0 Å². The van der Waals surface area contributed by atoms with E-state index in [-0.39, 0.29) is 28.2 Å². The lowest BCUT2D eigenvalue weighted by molar-refractivity contribution is 0.516. The highest BCUT2D eigenvalue weighted by molar-refractivity contribution is 9.10. The fraction of sp³-hybridized carbons (Fsp3) is 0.250. The number of hydrogen-bond donors (Lipinski definition) is 0. The molecule has 9 heteroatoms. The number of anilines is 1. The van der Waals surface area contributed by atoms with Gasteiger partial charge < -0.3 is 0 Å². The van der Waals surface area contributed by atoms with Gasteiger partial charge in [0.1, 0.15) is 4.60 Å². The molecule has 0 amide bonds. The van der Waals surface area contributed by atoms with Crippen LogP contribution in [0.15, 0.2) is 47.1 Å². The Kier molecular flexibility index (Phi) is 6.45. The lowest BCUT2D eigenvalue weighted by Crippen LogP contribution is -2.34. The Morgan fingerprint density at radius 1 is 1.17 bits per heavy atom. The maximum absolute atomic E-state index is 14.1. The minimum atomic E-state index is -3.69. The number of rotatable bonds is 6. The normalized spacial score (nSPS) is 12.0. The molecule has 0 N–H and O–H groups in total. The molecule has 3 rings (SSSR count). The van der Waals surface area contributed by atoms with Crippen molar-refractivity contribution < 1.29 is 17.2 Å². The maximum Gasteiger partial charge on any atom is 0.235 e. The summed E-state index contributed by atoms with van der Waals surface area (Å²) >= 11 is 9.24. The van der Waals surface area contributed by atoms with Crippen LogP contribution in [0.1, 0.15) is 19.5 Å². The lowest BCUT2D eigenvalue weighted by Gasteiger charge is -2.25. The zero-order valence-corrected chi connectivity index (χ0v) is 18.8. The minimum absolute atomic E-state index is 0.00749. The topological polar surface area (TPSA) is 50.3 Å². The monoisotopic (exact) mass is 502 g/mol. The molecule has 0 aliphatic rings. The summed E-state index contributed by atoms with van der Waals surface area (Å²) in [7, 11) is -3.69. The first-order chi connectivity index (χ1) is 13.6. The number of hydrogen-bond acceptors (Lipinski definition) is 3. The van der Waals surface area contributed by atoms with Crippen LogP contribution in [0.3, 0.4) is 0 Å². The molecule has 1 aromatic heterocycles. The first kappa shape index (κ1) is 21.9. The third-order valence-corrected chi connectivity index (χ3v) is 7.09. The highest BCUT2D eigenvalue weighted by atomic mass is 79.9. The van der Waals surface area contributed by atoms with E-state index in [9.17, 15) is 17.2 Å². The second-order valence-corrected chi connectivity index (χ2v) is 10.1. The van der Waals surface area contributed by atoms with Gasteiger partial charge in [-0.25, -0.2) is 22.2 Å². The summed E-state index contributed by atoms with van der Waals surface area (Å²) in [6, 6.07) is 10.5. The van der Waals surface area contributed by atoms with Crippen molar-refractivity contribution in [2.45, 2.75) is 20.4 Å². The number of aromatic nitrogens is 1. The Balaban J connectivity index is 2.10. The van der Waals surface area contributed by atoms with Crippen LogP contribution in [0.2, 0.25) is 5.02 Å². The van der Waals surface area contributed by atoms with Gasteiger partial charge in [0.05, 0.1) is 29.1 Å². The number of benzene rings is 2. The van der Waals surface area contributed by atoms with Crippen LogP contribution >= 0.6 is 27.5 Å². The third-order valence-electron chi connectivity index (χ3n) is 4.18. The van der Waals surface area contributed by atoms with Crippen LogP contribution in [-0.2, 0) is 16.6 Å². The summed E-state index contributed by atoms with van der Waals surface area (Å²) in [5, 5.41) is 0.818. The number of halogens is 4. The summed E-state index contributed by atoms with van der Waals surface area (Å²) in [6.45, 7) is 3.55. The Morgan fingerprint density at radius 3 is 2.55 bits per heavy atom. The largest absolute Gasteiger partial charge is 0.264 e. The van der Waals surface area contributed by atoms with Crippen LogP contribution in [0, 0.1) is 17.6 Å². The molecule has 0 aliphatic carbocycles. The van der Waals surface area contributed by atoms with Crippen LogP contribution in [0.25, 0.3) is 10.8 Å². The van der Waals surface area contributed by atoms with E-state index < -0.39 is 21.7 Å². The second kappa shape index (κ2) is 8.53. The van der Waals surface area contributed by atoms with Crippen molar-refractivity contribution in [2.24, 2.45) is 5.92 Å². The Morgan fingerprint density at radius 2 is 1.90 bits per heavy atom. The van der Waals surface area contributed by atoms with Gasteiger partial charge in [0.15, 0.2) is 11.6 Å². The average molecular weight is 504 g/mol. The van der Waals surface area contributed by atoms with Gasteiger partial charge in [-0.3, -0.25) is 4.31 Å². The minimum Gasteiger partial charge on any atom is -0.264 e. The molecular weight excluding hydrogens is 486 g/mol. The zero-order chi connectivity index (χ0) is 21.3. The molecule has 154 valence electrons. The van der Waals surface area contributed by atoms with Crippen molar-refractivity contribution in [1.29, 1.82) is 0 Å². The standard InChI is InChI=1S/C20H18BrClF2N2O2S/c1-12(2)11-29(27,28)26(16-5-3-4-14(22)9-16)10-15-8-13-6-7-17(23)19(24)18(13)20(21)25-15/h3-9,12H,10-11H2,1-2H3. The Hall–Kier alpha value is -1.77. The quantitative estimate of drug-likeness (QED) is 0.392. The molecule has 0 saturated heterocycles. The summed E-state index contributed by atoms with van der Waals surface area (Å²) in [5.74, 6) is -2.14. The molecule has 0 aliphatic heterocycles. The molecule has 0 saturated carbocycles. The summed E-state index contributed by atoms with van der Waals surface area (Å²) in [4.78, 5) is 4.25. The molecule has 3 aromatic rings. The van der Waals surface area contributed by atoms with Gasteiger partial charge in [-0.05, 0) is 57.6 Å². The zero-order valence-electron chi connectivity index (χ0n) is 15.7. The predicted octanol–water partition coefficient (Wildman–Crippen LogP) is 5.92. The number of nitrogens with zero attached hydrogens (tertiary/aromatic N) is 2. The molecule has 0 unspecified atom stereocenters. The van der Waals surface area contributed by atoms with E-state index in [1.165, 1.54) is 10.4 Å². The molecule has 0 spiro atoms. The van der Waals surface area contributed by atoms with E-state index in [1.54, 1.807) is 30.3 Å². The summed E-state index contributed by atoms with van der Waals surface area (Å²) in [5.41, 5.74) is 0.782. The Labute approximate surface area is 181 Å². The van der Waals surface area contributed by atoms with E-state index in [0.717, 1.165) is 6.07 Å².